The molecule has 1 aromatic rings. The number of nitrogens with zero attached hydrogens (tertiary/aromatic N) is 1. The topological polar surface area (TPSA) is 68.1 Å². The lowest BCUT2D eigenvalue weighted by molar-refractivity contribution is 0.0116. The highest BCUT2D eigenvalue weighted by Gasteiger charge is 2.45. The number of benzene rings is 1. The molecular formula is C31H41NO4. The molecule has 36 heavy (non-hydrogen) atoms. The van der Waals surface area contributed by atoms with Gasteiger partial charge >= 0.3 is 0 Å². The highest BCUT2D eigenvalue weighted by Crippen LogP contribution is 2.44. The number of aliphatic imine (C=N–C) groups is 1. The minimum Gasteiger partial charge on any atom is -0.493 e. The van der Waals surface area contributed by atoms with Crippen molar-refractivity contribution in [2.75, 3.05) is 13.2 Å². The fraction of sp³-hybridized carbons (Fsp3) is 0.548. The van der Waals surface area contributed by atoms with E-state index in [4.69, 9.17) is 14.5 Å². The maximum Gasteiger partial charge on any atom is 0.164 e. The summed E-state index contributed by atoms with van der Waals surface area (Å²) in [7, 11) is 0. The second-order valence-corrected chi connectivity index (χ2v) is 10.4. The van der Waals surface area contributed by atoms with Gasteiger partial charge in [0.1, 0.15) is 11.5 Å². The molecule has 3 aliphatic rings. The van der Waals surface area contributed by atoms with Gasteiger partial charge in [-0.3, -0.25) is 9.79 Å². The van der Waals surface area contributed by atoms with Crippen LogP contribution in [0.1, 0.15) is 88.6 Å². The molecule has 1 aromatic carbocycles. The number of aliphatic hydroxyl groups is 1. The Bertz CT molecular complexity index is 1080. The second-order valence-electron chi connectivity index (χ2n) is 10.4. The van der Waals surface area contributed by atoms with E-state index in [0.717, 1.165) is 42.9 Å². The van der Waals surface area contributed by atoms with Gasteiger partial charge in [-0.15, -0.1) is 0 Å². The van der Waals surface area contributed by atoms with Crippen molar-refractivity contribution in [2.45, 2.75) is 78.2 Å². The zero-order chi connectivity index (χ0) is 25.7. The third kappa shape index (κ3) is 5.51. The molecule has 1 aliphatic heterocycles. The van der Waals surface area contributed by atoms with Gasteiger partial charge in [-0.2, -0.15) is 0 Å². The maximum atomic E-state index is 13.2. The summed E-state index contributed by atoms with van der Waals surface area (Å²) in [6.07, 6.45) is 15.0. The van der Waals surface area contributed by atoms with Crippen LogP contribution < -0.4 is 4.74 Å². The van der Waals surface area contributed by atoms with E-state index in [-0.39, 0.29) is 18.1 Å². The van der Waals surface area contributed by atoms with Gasteiger partial charge in [-0.1, -0.05) is 45.3 Å². The van der Waals surface area contributed by atoms with Gasteiger partial charge < -0.3 is 14.6 Å². The van der Waals surface area contributed by atoms with E-state index in [1.54, 1.807) is 6.92 Å². The maximum absolute atomic E-state index is 13.2. The Morgan fingerprint density at radius 3 is 2.78 bits per heavy atom. The molecule has 0 radical (unpaired) electrons. The number of rotatable bonds is 10. The lowest BCUT2D eigenvalue weighted by atomic mass is 9.69. The summed E-state index contributed by atoms with van der Waals surface area (Å²) in [5, 5.41) is 11.9. The van der Waals surface area contributed by atoms with Crippen molar-refractivity contribution in [1.82, 2.24) is 0 Å². The third-order valence-corrected chi connectivity index (χ3v) is 7.86. The number of ether oxygens (including phenoxy) is 2. The van der Waals surface area contributed by atoms with E-state index in [9.17, 15) is 9.90 Å². The van der Waals surface area contributed by atoms with Gasteiger partial charge in [-0.25, -0.2) is 0 Å². The Hall–Kier alpha value is -2.66. The molecule has 0 aromatic heterocycles. The minimum absolute atomic E-state index is 0.0282. The Labute approximate surface area is 216 Å². The molecule has 5 heteroatoms. The van der Waals surface area contributed by atoms with E-state index >= 15 is 0 Å². The van der Waals surface area contributed by atoms with E-state index in [2.05, 4.69) is 26.0 Å². The summed E-state index contributed by atoms with van der Waals surface area (Å²) in [5.41, 5.74) is 1.58. The lowest BCUT2D eigenvalue weighted by Crippen LogP contribution is -2.43. The number of ketones is 1. The van der Waals surface area contributed by atoms with Gasteiger partial charge in [0.15, 0.2) is 5.78 Å². The summed E-state index contributed by atoms with van der Waals surface area (Å²) in [6.45, 7) is 9.39. The fourth-order valence-electron chi connectivity index (χ4n) is 5.52. The molecule has 4 rings (SSSR count). The van der Waals surface area contributed by atoms with E-state index in [0.29, 0.717) is 36.0 Å². The Morgan fingerprint density at radius 1 is 1.19 bits per heavy atom. The molecule has 1 N–H and O–H groups in total. The lowest BCUT2D eigenvalue weighted by Gasteiger charge is -2.39. The Kier molecular flexibility index (Phi) is 8.50. The number of carbonyl (C=O) groups excluding carboxylic acids is 1. The van der Waals surface area contributed by atoms with E-state index in [1.807, 2.05) is 37.3 Å². The highest BCUT2D eigenvalue weighted by atomic mass is 16.5. The average Bonchev–Trinajstić information content (AvgIpc) is 3.08. The number of unbranched alkanes of at least 4 members (excludes halogenated alkanes) is 1. The molecule has 194 valence electrons. The van der Waals surface area contributed by atoms with Crippen LogP contribution in [-0.4, -0.2) is 29.8 Å². The smallest absolute Gasteiger partial charge is 0.164 e. The summed E-state index contributed by atoms with van der Waals surface area (Å²) in [5.74, 6) is 1.76. The van der Waals surface area contributed by atoms with Crippen LogP contribution in [0.2, 0.25) is 0 Å². The molecule has 4 atom stereocenters. The van der Waals surface area contributed by atoms with Crippen molar-refractivity contribution >= 4 is 11.5 Å². The van der Waals surface area contributed by atoms with Crippen molar-refractivity contribution in [1.29, 1.82) is 0 Å². The first-order valence-corrected chi connectivity index (χ1v) is 13.7. The molecule has 0 bridgehead atoms. The van der Waals surface area contributed by atoms with Crippen molar-refractivity contribution in [2.24, 2.45) is 22.7 Å². The SMILES string of the molecule is CCCCC(CC)COc1ccc2c(c1)C(C)(O)C(C1=NC3=C(OCC)C=CCCC3C=C1)CC2=O. The second kappa shape index (κ2) is 11.6. The average molecular weight is 492 g/mol. The van der Waals surface area contributed by atoms with Crippen molar-refractivity contribution in [3.63, 3.8) is 0 Å². The number of dihydropyridines is 1. The number of carbonyl (C=O) groups is 1. The summed E-state index contributed by atoms with van der Waals surface area (Å²) < 4.78 is 12.1. The predicted octanol–water partition coefficient (Wildman–Crippen LogP) is 6.92. The van der Waals surface area contributed by atoms with Crippen LogP contribution in [0.3, 0.4) is 0 Å². The largest absolute Gasteiger partial charge is 0.493 e. The number of fused-ring (bicyclic) bond motifs is 2. The van der Waals surface area contributed by atoms with Crippen LogP contribution in [0.5, 0.6) is 5.75 Å². The number of Topliss-reactive ketones (excluding diaryl/α,β-unsaturated/α-hetero) is 1. The molecular weight excluding hydrogens is 450 g/mol. The third-order valence-electron chi connectivity index (χ3n) is 7.86. The summed E-state index contributed by atoms with van der Waals surface area (Å²) in [4.78, 5) is 18.2. The number of allylic oxidation sites excluding steroid dienone is 4. The molecule has 5 nitrogen and oxygen atoms in total. The first kappa shape index (κ1) is 26.4. The van der Waals surface area contributed by atoms with E-state index in [1.165, 1.54) is 12.8 Å². The predicted molar refractivity (Wildman–Crippen MR) is 144 cm³/mol. The van der Waals surface area contributed by atoms with Crippen molar-refractivity contribution in [3.05, 3.63) is 65.1 Å². The van der Waals surface area contributed by atoms with Crippen LogP contribution in [0.4, 0.5) is 0 Å². The van der Waals surface area contributed by atoms with Crippen LogP contribution in [0, 0.1) is 17.8 Å². The van der Waals surface area contributed by atoms with Crippen LogP contribution in [0.15, 0.2) is 59.0 Å². The van der Waals surface area contributed by atoms with Crippen LogP contribution in [-0.2, 0) is 10.3 Å². The van der Waals surface area contributed by atoms with Gasteiger partial charge in [0.05, 0.1) is 24.5 Å². The Balaban J connectivity index is 1.62. The molecule has 0 saturated heterocycles. The zero-order valence-electron chi connectivity index (χ0n) is 22.3. The molecule has 4 unspecified atom stereocenters. The van der Waals surface area contributed by atoms with Crippen LogP contribution >= 0.6 is 0 Å². The first-order valence-electron chi connectivity index (χ1n) is 13.7. The normalized spacial score (nSPS) is 26.1. The molecule has 0 saturated carbocycles. The van der Waals surface area contributed by atoms with E-state index < -0.39 is 11.5 Å². The zero-order valence-corrected chi connectivity index (χ0v) is 22.3. The molecule has 0 amide bonds. The monoisotopic (exact) mass is 491 g/mol. The fourth-order valence-corrected chi connectivity index (χ4v) is 5.52. The molecule has 2 aliphatic carbocycles. The van der Waals surface area contributed by atoms with Gasteiger partial charge in [0, 0.05) is 29.5 Å². The number of hydrogen-bond acceptors (Lipinski definition) is 5. The van der Waals surface area contributed by atoms with Crippen molar-refractivity contribution < 1.29 is 19.4 Å². The Morgan fingerprint density at radius 2 is 2.03 bits per heavy atom. The van der Waals surface area contributed by atoms with Gasteiger partial charge in [0.25, 0.3) is 0 Å². The number of hydrogen-bond donors (Lipinski definition) is 1. The standard InChI is InChI=1S/C31H41NO4/c1-5-8-11-21(6-2)20-36-23-15-16-24-25(18-23)31(4,34)26(19-28(24)33)27-17-14-22-12-9-10-13-29(35-7-3)30(22)32-27/h10,13-18,21-22,26,34H,5-9,11-12,19-20H2,1-4H3. The first-order chi connectivity index (χ1) is 17.4. The summed E-state index contributed by atoms with van der Waals surface area (Å²) in [6, 6.07) is 5.53. The molecule has 1 heterocycles. The summed E-state index contributed by atoms with van der Waals surface area (Å²) >= 11 is 0. The molecule has 0 fully saturated rings. The van der Waals surface area contributed by atoms with Crippen LogP contribution in [0.25, 0.3) is 0 Å². The van der Waals surface area contributed by atoms with Gasteiger partial charge in [-0.05, 0) is 74.9 Å². The van der Waals surface area contributed by atoms with Crippen molar-refractivity contribution in [3.8, 4) is 5.75 Å². The highest BCUT2D eigenvalue weighted by molar-refractivity contribution is 6.07. The minimum atomic E-state index is -1.25. The van der Waals surface area contributed by atoms with Gasteiger partial charge in [0.2, 0.25) is 0 Å². The quantitative estimate of drug-likeness (QED) is 0.386. The molecule has 0 spiro atoms.